The third-order valence-corrected chi connectivity index (χ3v) is 12.0. The molecule has 0 radical (unpaired) electrons. The maximum atomic E-state index is 12.6. The minimum absolute atomic E-state index is 0.0129. The van der Waals surface area contributed by atoms with Crippen molar-refractivity contribution in [1.82, 2.24) is 0 Å². The van der Waals surface area contributed by atoms with Crippen LogP contribution in [0.5, 0.6) is 5.75 Å². The zero-order valence-electron chi connectivity index (χ0n) is 38.5. The zero-order valence-corrected chi connectivity index (χ0v) is 38.5. The molecule has 64 heavy (non-hydrogen) atoms. The van der Waals surface area contributed by atoms with E-state index in [1.165, 1.54) is 27.8 Å². The quantitative estimate of drug-likeness (QED) is 0.0819. The molecule has 5 heteroatoms. The molecule has 1 saturated carbocycles. The molecule has 0 bridgehead atoms. The lowest BCUT2D eigenvalue weighted by Gasteiger charge is -2.33. The molecule has 5 nitrogen and oxygen atoms in total. The molecule has 1 fully saturated rings. The van der Waals surface area contributed by atoms with Gasteiger partial charge >= 0.3 is 17.5 Å². The average molecular weight is 846 g/mol. The highest BCUT2D eigenvalue weighted by Gasteiger charge is 2.29. The molecule has 2 unspecified atom stereocenters. The summed E-state index contributed by atoms with van der Waals surface area (Å²) in [4.78, 5) is 12.6. The molecule has 2 atom stereocenters. The molecule has 6 aromatic rings. The number of nitrogens with one attached hydrogen (secondary N) is 2. The number of benzene rings is 6. The third kappa shape index (κ3) is 10.8. The van der Waals surface area contributed by atoms with Crippen molar-refractivity contribution in [3.8, 4) is 5.75 Å². The Bertz CT molecular complexity index is 2760. The molecule has 2 aliphatic carbocycles. The van der Waals surface area contributed by atoms with E-state index >= 15 is 0 Å². The van der Waals surface area contributed by atoms with Crippen LogP contribution in [0.25, 0.3) is 22.4 Å². The van der Waals surface area contributed by atoms with Gasteiger partial charge in [-0.05, 0) is 160 Å². The first-order valence-corrected chi connectivity index (χ1v) is 22.4. The highest BCUT2D eigenvalue weighted by atomic mass is 16.5. The van der Waals surface area contributed by atoms with E-state index in [2.05, 4.69) is 175 Å². The molecule has 0 saturated heterocycles. The number of hydrogen-bond acceptors (Lipinski definition) is 4. The van der Waals surface area contributed by atoms with E-state index in [9.17, 15) is 4.79 Å². The number of hydrogen-bond donors (Lipinski definition) is 2. The molecular weight excluding hydrogens is 785 g/mol. The van der Waals surface area contributed by atoms with E-state index in [0.717, 1.165) is 98.5 Å². The van der Waals surface area contributed by atoms with Gasteiger partial charge in [-0.1, -0.05) is 116 Å². The van der Waals surface area contributed by atoms with Crippen molar-refractivity contribution >= 4 is 51.2 Å². The van der Waals surface area contributed by atoms with Gasteiger partial charge in [-0.15, -0.1) is 0 Å². The largest absolute Gasteiger partial charge is 0.457 e. The topological polar surface area (TPSA) is 61.7 Å². The lowest BCUT2D eigenvalue weighted by molar-refractivity contribution is -0.365. The number of aryl methyl sites for hydroxylation is 6. The summed E-state index contributed by atoms with van der Waals surface area (Å²) in [6, 6.07) is 40.6. The Morgan fingerprint density at radius 1 is 0.703 bits per heavy atom. The monoisotopic (exact) mass is 845 g/mol. The fraction of sp³-hybridized carbons (Fsp3) is 0.220. The van der Waals surface area contributed by atoms with Gasteiger partial charge in [0.25, 0.3) is 0 Å². The minimum Gasteiger partial charge on any atom is -0.457 e. The van der Waals surface area contributed by atoms with Gasteiger partial charge in [0.05, 0.1) is 17.2 Å². The van der Waals surface area contributed by atoms with Crippen LogP contribution in [0.3, 0.4) is 0 Å². The van der Waals surface area contributed by atoms with E-state index < -0.39 is 0 Å². The maximum absolute atomic E-state index is 12.6. The summed E-state index contributed by atoms with van der Waals surface area (Å²) >= 11 is 0. The first kappa shape index (κ1) is 45.1. The first-order valence-electron chi connectivity index (χ1n) is 22.4. The predicted molar refractivity (Wildman–Crippen MR) is 271 cm³/mol. The average Bonchev–Trinajstić information content (AvgIpc) is 3.29. The third-order valence-electron chi connectivity index (χ3n) is 12.0. The fourth-order valence-corrected chi connectivity index (χ4v) is 8.93. The normalized spacial score (nSPS) is 15.5. The van der Waals surface area contributed by atoms with Crippen LogP contribution in [-0.2, 0) is 14.0 Å². The number of anilines is 3. The number of ether oxygens (including phenoxy) is 1. The number of carbonyl (C=O) groups excluding carboxylic acids is 2. The van der Waals surface area contributed by atoms with Gasteiger partial charge in [-0.2, -0.15) is 0 Å². The van der Waals surface area contributed by atoms with E-state index in [1.54, 1.807) is 6.92 Å². The molecule has 2 aliphatic rings. The van der Waals surface area contributed by atoms with Gasteiger partial charge in [0.2, 0.25) is 0 Å². The van der Waals surface area contributed by atoms with Crippen LogP contribution in [0, 0.1) is 41.5 Å². The summed E-state index contributed by atoms with van der Waals surface area (Å²) in [5.74, 6) is 1.37. The second-order valence-corrected chi connectivity index (χ2v) is 17.3. The number of rotatable bonds is 10. The number of fused-ring (bicyclic) bond motifs is 1. The van der Waals surface area contributed by atoms with Crippen molar-refractivity contribution in [2.75, 3.05) is 10.6 Å². The maximum Gasteiger partial charge on any atom is 0.359 e. The van der Waals surface area contributed by atoms with Crippen molar-refractivity contribution in [1.29, 1.82) is 0 Å². The lowest BCUT2D eigenvalue weighted by atomic mass is 9.87. The molecule has 0 aliphatic heterocycles. The molecule has 0 spiro atoms. The van der Waals surface area contributed by atoms with Crippen LogP contribution in [0.15, 0.2) is 164 Å². The molecule has 6 aromatic carbocycles. The van der Waals surface area contributed by atoms with Gasteiger partial charge in [0, 0.05) is 40.2 Å². The smallest absolute Gasteiger partial charge is 0.359 e. The second-order valence-electron chi connectivity index (χ2n) is 17.3. The van der Waals surface area contributed by atoms with Crippen molar-refractivity contribution in [2.24, 2.45) is 0 Å². The van der Waals surface area contributed by atoms with Crippen LogP contribution in [0.2, 0.25) is 0 Å². The molecule has 8 rings (SSSR count). The number of allylic oxidation sites excluding steroid dienone is 5. The van der Waals surface area contributed by atoms with Gasteiger partial charge in [-0.3, -0.25) is 0 Å². The Morgan fingerprint density at radius 3 is 1.91 bits per heavy atom. The molecule has 0 aromatic heterocycles. The van der Waals surface area contributed by atoms with Gasteiger partial charge < -0.3 is 15.4 Å². The van der Waals surface area contributed by atoms with Crippen LogP contribution in [-0.4, -0.2) is 23.9 Å². The molecule has 2 N–H and O–H groups in total. The summed E-state index contributed by atoms with van der Waals surface area (Å²) in [5.41, 5.74) is 16.5. The van der Waals surface area contributed by atoms with Crippen molar-refractivity contribution in [2.45, 2.75) is 86.3 Å². The fourth-order valence-electron chi connectivity index (χ4n) is 8.93. The Kier molecular flexibility index (Phi) is 14.4. The van der Waals surface area contributed by atoms with Crippen LogP contribution < -0.4 is 10.6 Å². The highest BCUT2D eigenvalue weighted by molar-refractivity contribution is 6.07. The van der Waals surface area contributed by atoms with Crippen molar-refractivity contribution in [3.63, 3.8) is 0 Å². The lowest BCUT2D eigenvalue weighted by Crippen LogP contribution is -2.39. The molecule has 0 amide bonds. The van der Waals surface area contributed by atoms with Gasteiger partial charge in [0.15, 0.2) is 0 Å². The van der Waals surface area contributed by atoms with Crippen molar-refractivity contribution in [3.05, 3.63) is 214 Å². The van der Waals surface area contributed by atoms with Gasteiger partial charge in [-0.25, -0.2) is 9.22 Å². The summed E-state index contributed by atoms with van der Waals surface area (Å²) in [7, 11) is 0. The first-order chi connectivity index (χ1) is 30.9. The van der Waals surface area contributed by atoms with E-state index in [1.807, 2.05) is 36.4 Å². The number of carbonyl (C=O) groups is 1. The molecule has 324 valence electrons. The predicted octanol–water partition coefficient (Wildman–Crippen LogP) is 15.1. The highest BCUT2D eigenvalue weighted by Crippen LogP contribution is 2.39. The Morgan fingerprint density at radius 2 is 1.30 bits per heavy atom. The molecular formula is C59H61N2O3+. The van der Waals surface area contributed by atoms with E-state index in [-0.39, 0.29) is 18.1 Å². The van der Waals surface area contributed by atoms with Crippen molar-refractivity contribution < 1.29 is 14.0 Å². The summed E-state index contributed by atoms with van der Waals surface area (Å²) in [6.07, 6.45) is 14.0. The Balaban J connectivity index is 0.000000691. The Hall–Kier alpha value is -6.98. The number of esters is 1. The second kappa shape index (κ2) is 20.5. The van der Waals surface area contributed by atoms with E-state index in [4.69, 9.17) is 9.16 Å². The van der Waals surface area contributed by atoms with Gasteiger partial charge in [0.1, 0.15) is 6.10 Å². The molecule has 0 heterocycles. The summed E-state index contributed by atoms with van der Waals surface area (Å²) in [6.45, 7) is 21.9. The summed E-state index contributed by atoms with van der Waals surface area (Å²) < 4.78 is 12.4. The van der Waals surface area contributed by atoms with Crippen LogP contribution in [0.1, 0.15) is 82.7 Å². The van der Waals surface area contributed by atoms with E-state index in [0.29, 0.717) is 5.57 Å². The standard InChI is InChI=1S/C51H53N2O3.C8H8/c1-31(2)51(54)56-47-16-12-11-15-46(47)53-45-26-25-44(42-13-9-10-14-43(42)45)48(38-17-21-40(22-18-38)52-49-34(5)27-32(3)28-35(49)6)39-19-23-41(24-20-39)55-50-36(7)29-33(4)30-37(50)8;1-2-8-6-4-3-5-7-8/h9-10,13-14,17-30,46-47,52-53H,1,11-12,15-16H2,2-8H3;2-7H,1H2/q+1;. The minimum atomic E-state index is -0.325. The summed E-state index contributed by atoms with van der Waals surface area (Å²) in [5, 5.41) is 9.75. The number of ketones is 1. The SMILES string of the molecule is C=C(C)C(=O)OC1CCCCC1Nc1ccc(C(=C2C=CC(=[O+]c3c(C)cc(C)cc3C)C=C2)c2ccc(Nc3c(C)cc(C)cc3C)cc2)c2ccccc12.C=Cc1ccccc1. The van der Waals surface area contributed by atoms with Crippen LogP contribution >= 0.6 is 0 Å². The zero-order chi connectivity index (χ0) is 45.3. The van der Waals surface area contributed by atoms with Crippen LogP contribution in [0.4, 0.5) is 17.1 Å². The Labute approximate surface area is 380 Å².